The van der Waals surface area contributed by atoms with Crippen molar-refractivity contribution >= 4 is 11.3 Å². The lowest BCUT2D eigenvalue weighted by Gasteiger charge is -2.06. The van der Waals surface area contributed by atoms with Gasteiger partial charge in [0.25, 0.3) is 0 Å². The van der Waals surface area contributed by atoms with Gasteiger partial charge in [-0.3, -0.25) is 0 Å². The fraction of sp³-hybridized carbons (Fsp3) is 0.556. The lowest BCUT2D eigenvalue weighted by atomic mass is 10.2. The zero-order valence-corrected chi connectivity index (χ0v) is 8.10. The Morgan fingerprint density at radius 2 is 2.33 bits per heavy atom. The third-order valence-electron chi connectivity index (χ3n) is 1.77. The number of aliphatic hydroxyl groups excluding tert-OH is 1. The van der Waals surface area contributed by atoms with Gasteiger partial charge in [0.2, 0.25) is 0 Å². The van der Waals surface area contributed by atoms with Crippen molar-refractivity contribution in [2.75, 3.05) is 6.54 Å². The van der Waals surface area contributed by atoms with Crippen LogP contribution in [0.2, 0.25) is 0 Å². The Hall–Kier alpha value is -0.380. The highest BCUT2D eigenvalue weighted by atomic mass is 32.1. The first kappa shape index (κ1) is 9.71. The molecule has 0 fully saturated rings. The molecule has 1 aromatic rings. The Kier molecular flexibility index (Phi) is 3.72. The van der Waals surface area contributed by atoms with Crippen molar-refractivity contribution in [1.29, 1.82) is 0 Å². The number of thiophene rings is 1. The number of nitrogens with two attached hydrogens (primary N) is 1. The molecule has 0 aliphatic carbocycles. The molecule has 3 N–H and O–H groups in total. The van der Waals surface area contributed by atoms with Crippen LogP contribution in [0.15, 0.2) is 12.1 Å². The molecule has 3 heteroatoms. The zero-order valence-electron chi connectivity index (χ0n) is 7.29. The number of aryl methyl sites for hydroxylation is 1. The summed E-state index contributed by atoms with van der Waals surface area (Å²) in [6, 6.07) is 4.02. The summed E-state index contributed by atoms with van der Waals surface area (Å²) < 4.78 is 0. The van der Waals surface area contributed by atoms with Crippen LogP contribution in [0.3, 0.4) is 0 Å². The molecule has 0 aromatic carbocycles. The zero-order chi connectivity index (χ0) is 8.97. The van der Waals surface area contributed by atoms with E-state index >= 15 is 0 Å². The van der Waals surface area contributed by atoms with Crippen LogP contribution in [0.25, 0.3) is 0 Å². The molecule has 68 valence electrons. The molecular formula is C9H15NOS. The SMILES string of the molecule is Cc1ccc(C(O)CCCN)s1. The molecule has 0 radical (unpaired) electrons. The monoisotopic (exact) mass is 185 g/mol. The first-order valence-corrected chi connectivity index (χ1v) is 5.00. The normalized spacial score (nSPS) is 13.2. The van der Waals surface area contributed by atoms with E-state index in [0.717, 1.165) is 17.7 Å². The highest BCUT2D eigenvalue weighted by molar-refractivity contribution is 7.11. The van der Waals surface area contributed by atoms with Gasteiger partial charge in [-0.1, -0.05) is 0 Å². The van der Waals surface area contributed by atoms with Crippen LogP contribution >= 0.6 is 11.3 Å². The summed E-state index contributed by atoms with van der Waals surface area (Å²) in [5, 5.41) is 9.62. The van der Waals surface area contributed by atoms with Gasteiger partial charge in [-0.05, 0) is 38.4 Å². The molecule has 1 unspecified atom stereocenters. The minimum Gasteiger partial charge on any atom is -0.388 e. The van der Waals surface area contributed by atoms with E-state index < -0.39 is 0 Å². The van der Waals surface area contributed by atoms with Gasteiger partial charge in [0.1, 0.15) is 0 Å². The molecule has 0 saturated carbocycles. The Bertz CT molecular complexity index is 234. The second-order valence-corrected chi connectivity index (χ2v) is 4.21. The smallest absolute Gasteiger partial charge is 0.0882 e. The summed E-state index contributed by atoms with van der Waals surface area (Å²) in [7, 11) is 0. The van der Waals surface area contributed by atoms with Crippen LogP contribution in [-0.4, -0.2) is 11.7 Å². The van der Waals surface area contributed by atoms with Gasteiger partial charge >= 0.3 is 0 Å². The van der Waals surface area contributed by atoms with E-state index in [1.807, 2.05) is 19.1 Å². The molecule has 0 aliphatic rings. The van der Waals surface area contributed by atoms with E-state index in [9.17, 15) is 5.11 Å². The van der Waals surface area contributed by atoms with Gasteiger partial charge in [-0.25, -0.2) is 0 Å². The Morgan fingerprint density at radius 1 is 1.58 bits per heavy atom. The first-order chi connectivity index (χ1) is 5.74. The van der Waals surface area contributed by atoms with E-state index in [4.69, 9.17) is 5.73 Å². The van der Waals surface area contributed by atoms with Crippen molar-refractivity contribution in [2.24, 2.45) is 5.73 Å². The number of aliphatic hydroxyl groups is 1. The molecule has 0 aliphatic heterocycles. The molecule has 1 aromatic heterocycles. The second kappa shape index (κ2) is 4.60. The maximum Gasteiger partial charge on any atom is 0.0882 e. The van der Waals surface area contributed by atoms with Crippen molar-refractivity contribution in [2.45, 2.75) is 25.9 Å². The summed E-state index contributed by atoms with van der Waals surface area (Å²) in [6.45, 7) is 2.70. The largest absolute Gasteiger partial charge is 0.388 e. The van der Waals surface area contributed by atoms with Crippen LogP contribution < -0.4 is 5.73 Å². The van der Waals surface area contributed by atoms with Crippen LogP contribution in [0.5, 0.6) is 0 Å². The maximum atomic E-state index is 9.62. The number of hydrogen-bond acceptors (Lipinski definition) is 3. The molecule has 0 saturated heterocycles. The lowest BCUT2D eigenvalue weighted by molar-refractivity contribution is 0.169. The minimum absolute atomic E-state index is 0.313. The minimum atomic E-state index is -0.313. The van der Waals surface area contributed by atoms with Crippen molar-refractivity contribution < 1.29 is 5.11 Å². The standard InChI is InChI=1S/C9H15NOS/c1-7-4-5-9(12-7)8(11)3-2-6-10/h4-5,8,11H,2-3,6,10H2,1H3. The summed E-state index contributed by atoms with van der Waals surface area (Å²) in [5.74, 6) is 0. The number of hydrogen-bond donors (Lipinski definition) is 2. The summed E-state index contributed by atoms with van der Waals surface area (Å²) in [6.07, 6.45) is 1.35. The fourth-order valence-corrected chi connectivity index (χ4v) is 1.98. The molecule has 0 amide bonds. The summed E-state index contributed by atoms with van der Waals surface area (Å²) in [4.78, 5) is 2.30. The van der Waals surface area contributed by atoms with E-state index in [1.54, 1.807) is 11.3 Å². The lowest BCUT2D eigenvalue weighted by Crippen LogP contribution is -2.02. The third kappa shape index (κ3) is 2.59. The Morgan fingerprint density at radius 3 is 2.83 bits per heavy atom. The Balaban J connectivity index is 2.47. The summed E-state index contributed by atoms with van der Waals surface area (Å²) >= 11 is 1.66. The molecule has 1 atom stereocenters. The Labute approximate surface area is 77.0 Å². The van der Waals surface area contributed by atoms with E-state index in [-0.39, 0.29) is 6.10 Å². The van der Waals surface area contributed by atoms with Crippen LogP contribution in [0, 0.1) is 6.92 Å². The van der Waals surface area contributed by atoms with E-state index in [1.165, 1.54) is 4.88 Å². The van der Waals surface area contributed by atoms with Gasteiger partial charge in [-0.2, -0.15) is 0 Å². The molecule has 0 spiro atoms. The van der Waals surface area contributed by atoms with Crippen molar-refractivity contribution in [1.82, 2.24) is 0 Å². The maximum absolute atomic E-state index is 9.62. The molecule has 1 rings (SSSR count). The predicted octanol–water partition coefficient (Wildman–Crippen LogP) is 1.83. The van der Waals surface area contributed by atoms with Crippen LogP contribution in [-0.2, 0) is 0 Å². The molecule has 2 nitrogen and oxygen atoms in total. The van der Waals surface area contributed by atoms with Gasteiger partial charge in [0.05, 0.1) is 6.10 Å². The van der Waals surface area contributed by atoms with Gasteiger partial charge < -0.3 is 10.8 Å². The quantitative estimate of drug-likeness (QED) is 0.751. The highest BCUT2D eigenvalue weighted by Gasteiger charge is 2.07. The van der Waals surface area contributed by atoms with E-state index in [2.05, 4.69) is 0 Å². The van der Waals surface area contributed by atoms with Gasteiger partial charge in [0.15, 0.2) is 0 Å². The van der Waals surface area contributed by atoms with Crippen LogP contribution in [0.1, 0.15) is 28.7 Å². The molecular weight excluding hydrogens is 170 g/mol. The average Bonchev–Trinajstić information content (AvgIpc) is 2.47. The van der Waals surface area contributed by atoms with Gasteiger partial charge in [0, 0.05) is 9.75 Å². The van der Waals surface area contributed by atoms with Crippen molar-refractivity contribution in [3.05, 3.63) is 21.9 Å². The highest BCUT2D eigenvalue weighted by Crippen LogP contribution is 2.25. The average molecular weight is 185 g/mol. The molecule has 12 heavy (non-hydrogen) atoms. The first-order valence-electron chi connectivity index (χ1n) is 4.18. The van der Waals surface area contributed by atoms with E-state index in [0.29, 0.717) is 6.54 Å². The van der Waals surface area contributed by atoms with Crippen LogP contribution in [0.4, 0.5) is 0 Å². The molecule has 0 bridgehead atoms. The number of rotatable bonds is 4. The predicted molar refractivity (Wildman–Crippen MR) is 52.3 cm³/mol. The summed E-state index contributed by atoms with van der Waals surface area (Å²) in [5.41, 5.74) is 5.35. The van der Waals surface area contributed by atoms with Gasteiger partial charge in [-0.15, -0.1) is 11.3 Å². The topological polar surface area (TPSA) is 46.2 Å². The fourth-order valence-electron chi connectivity index (χ4n) is 1.09. The van der Waals surface area contributed by atoms with Crippen molar-refractivity contribution in [3.63, 3.8) is 0 Å². The molecule has 1 heterocycles. The second-order valence-electron chi connectivity index (χ2n) is 2.90. The van der Waals surface area contributed by atoms with Crippen molar-refractivity contribution in [3.8, 4) is 0 Å². The third-order valence-corrected chi connectivity index (χ3v) is 2.87.